The highest BCUT2D eigenvalue weighted by atomic mass is 35.5. The minimum atomic E-state index is -0.256. The Morgan fingerprint density at radius 3 is 2.82 bits per heavy atom. The Morgan fingerprint density at radius 2 is 2.12 bits per heavy atom. The van der Waals surface area contributed by atoms with E-state index in [2.05, 4.69) is 11.3 Å². The van der Waals surface area contributed by atoms with E-state index in [4.69, 9.17) is 11.6 Å². The van der Waals surface area contributed by atoms with Gasteiger partial charge in [-0.25, -0.2) is 9.38 Å². The molecule has 1 fully saturated rings. The molecule has 0 saturated heterocycles. The Hall–Kier alpha value is -1.35. The smallest absolute Gasteiger partial charge is 0.174 e. The largest absolute Gasteiger partial charge is 0.346 e. The summed E-state index contributed by atoms with van der Waals surface area (Å²) in [4.78, 5) is 6.03. The summed E-state index contributed by atoms with van der Waals surface area (Å²) in [6.45, 7) is 0.591. The number of aliphatic imine (C=N–C) groups is 1. The Morgan fingerprint density at radius 1 is 1.35 bits per heavy atom. The predicted octanol–water partition coefficient (Wildman–Crippen LogP) is 3.12. The minimum absolute atomic E-state index is 0.256. The van der Waals surface area contributed by atoms with Crippen LogP contribution < -0.4 is 0 Å². The monoisotopic (exact) mass is 249 g/mol. The van der Waals surface area contributed by atoms with Gasteiger partial charge in [0, 0.05) is 23.7 Å². The number of halogens is 2. The summed E-state index contributed by atoms with van der Waals surface area (Å²) in [5, 5.41) is 0.340. The van der Waals surface area contributed by atoms with Crippen LogP contribution in [-0.4, -0.2) is 23.8 Å². The van der Waals surface area contributed by atoms with Crippen LogP contribution in [0.4, 0.5) is 4.39 Å². The van der Waals surface area contributed by atoms with Gasteiger partial charge in [0.2, 0.25) is 0 Å². The molecule has 1 heterocycles. The molecule has 0 aromatic heterocycles. The van der Waals surface area contributed by atoms with Crippen molar-refractivity contribution in [2.45, 2.75) is 18.9 Å². The molecule has 0 N–H and O–H groups in total. The normalized spacial score (nSPS) is 20.0. The zero-order valence-electron chi connectivity index (χ0n) is 9.16. The highest BCUT2D eigenvalue weighted by molar-refractivity contribution is 6.33. The summed E-state index contributed by atoms with van der Waals surface area (Å²) in [5.74, 6) is -0.256. The van der Waals surface area contributed by atoms with Crippen molar-refractivity contribution in [3.05, 3.63) is 40.8 Å². The van der Waals surface area contributed by atoms with Crippen LogP contribution >= 0.6 is 11.6 Å². The molecule has 17 heavy (non-hydrogen) atoms. The molecule has 0 spiro atoms. The first-order chi connectivity index (χ1) is 8.25. The van der Waals surface area contributed by atoms with Crippen molar-refractivity contribution in [3.63, 3.8) is 0 Å². The molecule has 0 atom stereocenters. The topological polar surface area (TPSA) is 15.6 Å². The molecule has 1 aromatic rings. The molecular formula is C13H11ClFN2. The van der Waals surface area contributed by atoms with E-state index < -0.39 is 0 Å². The third kappa shape index (κ3) is 2.07. The molecule has 1 aromatic carbocycles. The first kappa shape index (κ1) is 10.8. The van der Waals surface area contributed by atoms with Crippen LogP contribution in [0.1, 0.15) is 18.4 Å². The summed E-state index contributed by atoms with van der Waals surface area (Å²) in [5.41, 5.74) is 1.28. The summed E-state index contributed by atoms with van der Waals surface area (Å²) in [7, 11) is 0. The van der Waals surface area contributed by atoms with Crippen molar-refractivity contribution in [1.82, 2.24) is 4.90 Å². The average molecular weight is 250 g/mol. The fourth-order valence-electron chi connectivity index (χ4n) is 1.95. The summed E-state index contributed by atoms with van der Waals surface area (Å²) in [6, 6.07) is 7.16. The maximum Gasteiger partial charge on any atom is 0.174 e. The molecule has 1 aliphatic heterocycles. The molecule has 87 valence electrons. The molecule has 2 nitrogen and oxygen atoms in total. The average Bonchev–Trinajstić information content (AvgIpc) is 3.15. The highest BCUT2D eigenvalue weighted by Crippen LogP contribution is 2.33. The van der Waals surface area contributed by atoms with E-state index >= 15 is 0 Å². The van der Waals surface area contributed by atoms with Gasteiger partial charge < -0.3 is 4.90 Å². The quantitative estimate of drug-likeness (QED) is 0.736. The first-order valence-corrected chi connectivity index (χ1v) is 6.00. The lowest BCUT2D eigenvalue weighted by atomic mass is 10.1. The van der Waals surface area contributed by atoms with E-state index in [0.29, 0.717) is 23.3 Å². The van der Waals surface area contributed by atoms with Gasteiger partial charge in [-0.2, -0.15) is 0 Å². The van der Waals surface area contributed by atoms with Gasteiger partial charge in [0.15, 0.2) is 6.34 Å². The van der Waals surface area contributed by atoms with Gasteiger partial charge >= 0.3 is 0 Å². The standard InChI is InChI=1S/C13H11ClFN2/c14-13-11(10-3-1-2-4-12(10)15)7-17(8-16-13)9-5-6-9/h1-4,9H,5-7H2. The van der Waals surface area contributed by atoms with Gasteiger partial charge in [0.1, 0.15) is 11.0 Å². The van der Waals surface area contributed by atoms with Crippen molar-refractivity contribution in [2.24, 2.45) is 4.99 Å². The van der Waals surface area contributed by atoms with E-state index in [1.54, 1.807) is 18.2 Å². The number of rotatable bonds is 2. The van der Waals surface area contributed by atoms with E-state index in [0.717, 1.165) is 18.4 Å². The van der Waals surface area contributed by atoms with E-state index in [9.17, 15) is 4.39 Å². The number of hydrogen-bond donors (Lipinski definition) is 0. The van der Waals surface area contributed by atoms with Gasteiger partial charge in [-0.05, 0) is 18.9 Å². The molecule has 0 amide bonds. The van der Waals surface area contributed by atoms with E-state index in [1.807, 2.05) is 4.90 Å². The summed E-state index contributed by atoms with van der Waals surface area (Å²) < 4.78 is 13.7. The third-order valence-corrected chi connectivity index (χ3v) is 3.35. The van der Waals surface area contributed by atoms with Crippen LogP contribution in [0, 0.1) is 5.82 Å². The molecule has 1 aliphatic carbocycles. The molecule has 0 bridgehead atoms. The van der Waals surface area contributed by atoms with E-state index in [-0.39, 0.29) is 5.82 Å². The van der Waals surface area contributed by atoms with Gasteiger partial charge in [-0.3, -0.25) is 0 Å². The Labute approximate surface area is 104 Å². The Bertz CT molecular complexity index is 506. The van der Waals surface area contributed by atoms with Crippen molar-refractivity contribution in [1.29, 1.82) is 0 Å². The highest BCUT2D eigenvalue weighted by Gasteiger charge is 2.31. The third-order valence-electron chi connectivity index (χ3n) is 3.04. The lowest BCUT2D eigenvalue weighted by Crippen LogP contribution is -2.29. The van der Waals surface area contributed by atoms with E-state index in [1.165, 1.54) is 6.07 Å². The van der Waals surface area contributed by atoms with Gasteiger partial charge in [0.05, 0.1) is 0 Å². The van der Waals surface area contributed by atoms with Crippen LogP contribution in [-0.2, 0) is 0 Å². The summed E-state index contributed by atoms with van der Waals surface area (Å²) in [6.07, 6.45) is 5.21. The second-order valence-corrected chi connectivity index (χ2v) is 4.68. The minimum Gasteiger partial charge on any atom is -0.346 e. The predicted molar refractivity (Wildman–Crippen MR) is 66.3 cm³/mol. The van der Waals surface area contributed by atoms with Crippen molar-refractivity contribution >= 4 is 23.5 Å². The van der Waals surface area contributed by atoms with Crippen LogP contribution in [0.25, 0.3) is 5.57 Å². The SMILES string of the molecule is Fc1ccccc1C1=C(Cl)N=[C]N(C2CC2)C1. The molecule has 1 radical (unpaired) electrons. The second-order valence-electron chi connectivity index (χ2n) is 4.32. The van der Waals surface area contributed by atoms with Crippen molar-refractivity contribution < 1.29 is 4.39 Å². The van der Waals surface area contributed by atoms with Crippen LogP contribution in [0.3, 0.4) is 0 Å². The second kappa shape index (κ2) is 4.15. The van der Waals surface area contributed by atoms with Crippen LogP contribution in [0.2, 0.25) is 0 Å². The maximum atomic E-state index is 13.7. The van der Waals surface area contributed by atoms with Gasteiger partial charge in [-0.15, -0.1) is 0 Å². The maximum absolute atomic E-state index is 13.7. The van der Waals surface area contributed by atoms with Crippen molar-refractivity contribution in [2.75, 3.05) is 6.54 Å². The number of benzene rings is 1. The van der Waals surface area contributed by atoms with Crippen LogP contribution in [0.15, 0.2) is 34.4 Å². The molecule has 3 rings (SSSR count). The lowest BCUT2D eigenvalue weighted by molar-refractivity contribution is 0.466. The van der Waals surface area contributed by atoms with Crippen molar-refractivity contribution in [3.8, 4) is 0 Å². The first-order valence-electron chi connectivity index (χ1n) is 5.62. The van der Waals surface area contributed by atoms with Gasteiger partial charge in [0.25, 0.3) is 0 Å². The molecule has 2 aliphatic rings. The zero-order valence-corrected chi connectivity index (χ0v) is 9.91. The molecule has 4 heteroatoms. The number of nitrogens with zero attached hydrogens (tertiary/aromatic N) is 2. The zero-order chi connectivity index (χ0) is 11.8. The fourth-order valence-corrected chi connectivity index (χ4v) is 2.15. The Kier molecular flexibility index (Phi) is 2.63. The summed E-state index contributed by atoms with van der Waals surface area (Å²) >= 11 is 6.04. The molecule has 1 saturated carbocycles. The number of hydrogen-bond acceptors (Lipinski definition) is 2. The van der Waals surface area contributed by atoms with Crippen LogP contribution in [0.5, 0.6) is 0 Å². The molecule has 0 unspecified atom stereocenters. The lowest BCUT2D eigenvalue weighted by Gasteiger charge is -2.24. The molecular weight excluding hydrogens is 239 g/mol. The van der Waals surface area contributed by atoms with Gasteiger partial charge in [-0.1, -0.05) is 29.8 Å². The fraction of sp³-hybridized carbons (Fsp3) is 0.308. The Balaban J connectivity index is 1.95.